The minimum atomic E-state index is -1.20. The van der Waals surface area contributed by atoms with Gasteiger partial charge in [0, 0.05) is 17.2 Å². The number of hydrogen-bond donors (Lipinski definition) is 1. The van der Waals surface area contributed by atoms with Gasteiger partial charge in [-0.2, -0.15) is 0 Å². The quantitative estimate of drug-likeness (QED) is 0.713. The summed E-state index contributed by atoms with van der Waals surface area (Å²) in [7, 11) is -1.20. The highest BCUT2D eigenvalue weighted by atomic mass is 32.2. The van der Waals surface area contributed by atoms with E-state index in [9.17, 15) is 13.4 Å². The molecule has 1 unspecified atom stereocenters. The molecule has 0 aliphatic carbocycles. The van der Waals surface area contributed by atoms with E-state index in [0.717, 1.165) is 5.56 Å². The highest BCUT2D eigenvalue weighted by Crippen LogP contribution is 2.26. The van der Waals surface area contributed by atoms with Gasteiger partial charge >= 0.3 is 0 Å². The molecule has 0 bridgehead atoms. The van der Waals surface area contributed by atoms with Crippen LogP contribution < -0.4 is 5.32 Å². The molecule has 3 aromatic rings. The topological polar surface area (TPSA) is 59.1 Å². The summed E-state index contributed by atoms with van der Waals surface area (Å²) in [5.74, 6) is -0.557. The van der Waals surface area contributed by atoms with E-state index in [1.165, 1.54) is 23.5 Å². The van der Waals surface area contributed by atoms with E-state index in [1.807, 2.05) is 19.1 Å². The van der Waals surface area contributed by atoms with Gasteiger partial charge in [0.2, 0.25) is 5.91 Å². The molecule has 26 heavy (non-hydrogen) atoms. The molecule has 0 fully saturated rings. The Morgan fingerprint density at radius 1 is 1.27 bits per heavy atom. The molecule has 1 atom stereocenters. The van der Waals surface area contributed by atoms with Crippen molar-refractivity contribution in [3.8, 4) is 10.6 Å². The smallest absolute Gasteiger partial charge is 0.230 e. The first-order valence-electron chi connectivity index (χ1n) is 7.87. The average Bonchev–Trinajstić information content (AvgIpc) is 3.05. The Hall–Kier alpha value is -2.38. The molecule has 1 heterocycles. The monoisotopic (exact) mass is 388 g/mol. The van der Waals surface area contributed by atoms with E-state index < -0.39 is 10.8 Å². The SMILES string of the molecule is Cc1cccc(S(C)=O)c1NC(=O)Cc1csc(-c2cccc(F)c2)n1. The molecule has 0 spiro atoms. The van der Waals surface area contributed by atoms with Crippen molar-refractivity contribution in [3.05, 3.63) is 64.9 Å². The van der Waals surface area contributed by atoms with Crippen molar-refractivity contribution >= 4 is 33.7 Å². The van der Waals surface area contributed by atoms with Crippen LogP contribution in [0.1, 0.15) is 11.3 Å². The Kier molecular flexibility index (Phi) is 5.58. The van der Waals surface area contributed by atoms with Crippen molar-refractivity contribution in [1.29, 1.82) is 0 Å². The van der Waals surface area contributed by atoms with Gasteiger partial charge in [-0.3, -0.25) is 9.00 Å². The number of nitrogens with zero attached hydrogens (tertiary/aromatic N) is 1. The van der Waals surface area contributed by atoms with Gasteiger partial charge < -0.3 is 5.32 Å². The third-order valence-electron chi connectivity index (χ3n) is 3.77. The maximum absolute atomic E-state index is 13.3. The average molecular weight is 388 g/mol. The van der Waals surface area contributed by atoms with Gasteiger partial charge in [0.05, 0.1) is 33.5 Å². The number of carbonyl (C=O) groups is 1. The maximum Gasteiger partial charge on any atom is 0.230 e. The second-order valence-corrected chi connectivity index (χ2v) is 7.99. The van der Waals surface area contributed by atoms with Crippen molar-refractivity contribution in [2.75, 3.05) is 11.6 Å². The lowest BCUT2D eigenvalue weighted by Gasteiger charge is -2.11. The van der Waals surface area contributed by atoms with Crippen molar-refractivity contribution in [2.45, 2.75) is 18.2 Å². The van der Waals surface area contributed by atoms with E-state index in [0.29, 0.717) is 26.8 Å². The molecule has 3 rings (SSSR count). The van der Waals surface area contributed by atoms with Crippen molar-refractivity contribution in [1.82, 2.24) is 4.98 Å². The minimum Gasteiger partial charge on any atom is -0.324 e. The summed E-state index contributed by atoms with van der Waals surface area (Å²) < 4.78 is 25.2. The van der Waals surface area contributed by atoms with Crippen LogP contribution in [0.25, 0.3) is 10.6 Å². The molecule has 4 nitrogen and oxygen atoms in total. The van der Waals surface area contributed by atoms with Gasteiger partial charge in [0.15, 0.2) is 0 Å². The molecule has 0 saturated carbocycles. The van der Waals surface area contributed by atoms with Crippen molar-refractivity contribution < 1.29 is 13.4 Å². The first-order chi connectivity index (χ1) is 12.4. The van der Waals surface area contributed by atoms with E-state index in [2.05, 4.69) is 10.3 Å². The zero-order valence-corrected chi connectivity index (χ0v) is 15.9. The molecule has 0 radical (unpaired) electrons. The van der Waals surface area contributed by atoms with Gasteiger partial charge in [-0.1, -0.05) is 24.3 Å². The summed E-state index contributed by atoms with van der Waals surface area (Å²) >= 11 is 1.36. The van der Waals surface area contributed by atoms with Crippen LogP contribution in [0.4, 0.5) is 10.1 Å². The predicted octanol–water partition coefficient (Wildman–Crippen LogP) is 4.18. The fraction of sp³-hybridized carbons (Fsp3) is 0.158. The molecule has 1 N–H and O–H groups in total. The van der Waals surface area contributed by atoms with Crippen LogP contribution >= 0.6 is 11.3 Å². The van der Waals surface area contributed by atoms with Crippen LogP contribution in [0.5, 0.6) is 0 Å². The van der Waals surface area contributed by atoms with Crippen LogP contribution in [0, 0.1) is 12.7 Å². The number of benzene rings is 2. The third-order valence-corrected chi connectivity index (χ3v) is 5.67. The summed E-state index contributed by atoms with van der Waals surface area (Å²) in [5.41, 5.74) is 2.73. The van der Waals surface area contributed by atoms with Gasteiger partial charge in [0.25, 0.3) is 0 Å². The summed E-state index contributed by atoms with van der Waals surface area (Å²) in [6.45, 7) is 1.86. The summed E-state index contributed by atoms with van der Waals surface area (Å²) in [6.07, 6.45) is 1.67. The molecule has 0 aliphatic rings. The standard InChI is InChI=1S/C19H17FN2O2S2/c1-12-5-3-8-16(26(2)24)18(12)22-17(23)10-15-11-25-19(21-15)13-6-4-7-14(20)9-13/h3-9,11H,10H2,1-2H3,(H,22,23). The van der Waals surface area contributed by atoms with Gasteiger partial charge in [-0.25, -0.2) is 9.37 Å². The van der Waals surface area contributed by atoms with Crippen molar-refractivity contribution in [3.63, 3.8) is 0 Å². The molecule has 0 saturated heterocycles. The highest BCUT2D eigenvalue weighted by molar-refractivity contribution is 7.84. The second-order valence-electron chi connectivity index (χ2n) is 5.78. The molecule has 1 amide bonds. The summed E-state index contributed by atoms with van der Waals surface area (Å²) in [6, 6.07) is 11.6. The number of anilines is 1. The number of amides is 1. The third kappa shape index (κ3) is 4.23. The highest BCUT2D eigenvalue weighted by Gasteiger charge is 2.14. The Labute approximate surface area is 157 Å². The molecule has 0 aliphatic heterocycles. The number of nitrogens with one attached hydrogen (secondary N) is 1. The molecule has 134 valence electrons. The number of aryl methyl sites for hydroxylation is 1. The van der Waals surface area contributed by atoms with Crippen LogP contribution in [0.2, 0.25) is 0 Å². The van der Waals surface area contributed by atoms with E-state index >= 15 is 0 Å². The maximum atomic E-state index is 13.3. The molecular formula is C19H17FN2O2S2. The van der Waals surface area contributed by atoms with Crippen LogP contribution in [-0.4, -0.2) is 21.4 Å². The van der Waals surface area contributed by atoms with Gasteiger partial charge in [-0.15, -0.1) is 11.3 Å². The fourth-order valence-electron chi connectivity index (χ4n) is 2.53. The van der Waals surface area contributed by atoms with E-state index in [-0.39, 0.29) is 18.1 Å². The Morgan fingerprint density at radius 2 is 2.04 bits per heavy atom. The lowest BCUT2D eigenvalue weighted by atomic mass is 10.2. The number of para-hydroxylation sites is 1. The Bertz CT molecular complexity index is 985. The predicted molar refractivity (Wildman–Crippen MR) is 103 cm³/mol. The minimum absolute atomic E-state index is 0.0932. The van der Waals surface area contributed by atoms with Gasteiger partial charge in [0.1, 0.15) is 10.8 Å². The number of thiazole rings is 1. The Morgan fingerprint density at radius 3 is 2.77 bits per heavy atom. The first-order valence-corrected chi connectivity index (χ1v) is 10.3. The number of rotatable bonds is 5. The molecule has 1 aromatic heterocycles. The Balaban J connectivity index is 1.75. The lowest BCUT2D eigenvalue weighted by Crippen LogP contribution is -2.17. The lowest BCUT2D eigenvalue weighted by molar-refractivity contribution is -0.115. The van der Waals surface area contributed by atoms with Crippen molar-refractivity contribution in [2.24, 2.45) is 0 Å². The number of halogens is 1. The number of hydrogen-bond acceptors (Lipinski definition) is 4. The van der Waals surface area contributed by atoms with Gasteiger partial charge in [-0.05, 0) is 30.7 Å². The number of aromatic nitrogens is 1. The first kappa shape index (κ1) is 18.4. The zero-order chi connectivity index (χ0) is 18.7. The van der Waals surface area contributed by atoms with Crippen LogP contribution in [0.15, 0.2) is 52.7 Å². The fourth-order valence-corrected chi connectivity index (χ4v) is 4.12. The second kappa shape index (κ2) is 7.88. The normalized spacial score (nSPS) is 12.0. The van der Waals surface area contributed by atoms with E-state index in [4.69, 9.17) is 0 Å². The zero-order valence-electron chi connectivity index (χ0n) is 14.3. The largest absolute Gasteiger partial charge is 0.324 e. The van der Waals surface area contributed by atoms with E-state index in [1.54, 1.807) is 29.8 Å². The molecule has 2 aromatic carbocycles. The molecule has 7 heteroatoms. The summed E-state index contributed by atoms with van der Waals surface area (Å²) in [5, 5.41) is 5.29. The van der Waals surface area contributed by atoms with Crippen LogP contribution in [-0.2, 0) is 22.0 Å². The molecular weight excluding hydrogens is 371 g/mol. The number of carbonyl (C=O) groups excluding carboxylic acids is 1. The van der Waals surface area contributed by atoms with Crippen LogP contribution in [0.3, 0.4) is 0 Å². The summed E-state index contributed by atoms with van der Waals surface area (Å²) in [4.78, 5) is 17.4.